The van der Waals surface area contributed by atoms with E-state index in [4.69, 9.17) is 14.2 Å². The fourth-order valence-corrected chi connectivity index (χ4v) is 3.44. The molecule has 1 amide bonds. The number of hydrogen-bond donors (Lipinski definition) is 1. The van der Waals surface area contributed by atoms with Crippen LogP contribution in [0.2, 0.25) is 0 Å². The molecule has 0 saturated heterocycles. The summed E-state index contributed by atoms with van der Waals surface area (Å²) in [5.41, 5.74) is 1.04. The molecular weight excluding hydrogens is 438 g/mol. The molecule has 1 atom stereocenters. The number of ether oxygens (including phenoxy) is 3. The summed E-state index contributed by atoms with van der Waals surface area (Å²) >= 11 is 1.24. The lowest BCUT2D eigenvalue weighted by atomic mass is 10.2. The Balaban J connectivity index is 1.64. The Morgan fingerprint density at radius 2 is 1.78 bits per heavy atom. The highest BCUT2D eigenvalue weighted by Gasteiger charge is 2.22. The first-order chi connectivity index (χ1) is 15.3. The lowest BCUT2D eigenvalue weighted by molar-refractivity contribution is -0.384. The van der Waals surface area contributed by atoms with Crippen LogP contribution in [0.1, 0.15) is 17.4 Å². The summed E-state index contributed by atoms with van der Waals surface area (Å²) < 4.78 is 15.7. The van der Waals surface area contributed by atoms with E-state index in [9.17, 15) is 19.7 Å². The predicted molar refractivity (Wildman–Crippen MR) is 117 cm³/mol. The van der Waals surface area contributed by atoms with E-state index in [1.54, 1.807) is 18.2 Å². The van der Waals surface area contributed by atoms with Crippen molar-refractivity contribution in [1.82, 2.24) is 4.98 Å². The van der Waals surface area contributed by atoms with Crippen molar-refractivity contribution in [2.45, 2.75) is 13.0 Å². The molecule has 2 aromatic carbocycles. The number of nitrogens with zero attached hydrogens (tertiary/aromatic N) is 2. The summed E-state index contributed by atoms with van der Waals surface area (Å²) in [7, 11) is 3.06. The first-order valence-electron chi connectivity index (χ1n) is 9.26. The minimum Gasteiger partial charge on any atom is -0.493 e. The second-order valence-electron chi connectivity index (χ2n) is 6.45. The maximum Gasteiger partial charge on any atom is 0.358 e. The molecule has 10 nitrogen and oxygen atoms in total. The second-order valence-corrected chi connectivity index (χ2v) is 7.31. The Labute approximate surface area is 186 Å². The molecule has 3 rings (SSSR count). The molecule has 166 valence electrons. The van der Waals surface area contributed by atoms with Crippen molar-refractivity contribution in [2.75, 3.05) is 19.5 Å². The fraction of sp³-hybridized carbons (Fsp3) is 0.190. The molecule has 1 N–H and O–H groups in total. The van der Waals surface area contributed by atoms with E-state index in [1.165, 1.54) is 62.1 Å². The van der Waals surface area contributed by atoms with Gasteiger partial charge in [0.25, 0.3) is 11.6 Å². The fourth-order valence-electron chi connectivity index (χ4n) is 2.65. The van der Waals surface area contributed by atoms with E-state index < -0.39 is 22.9 Å². The number of anilines is 1. The largest absolute Gasteiger partial charge is 0.493 e. The smallest absolute Gasteiger partial charge is 0.358 e. The van der Waals surface area contributed by atoms with Crippen molar-refractivity contribution in [2.24, 2.45) is 0 Å². The molecule has 0 saturated carbocycles. The first-order valence-corrected chi connectivity index (χ1v) is 10.1. The number of hydrogen-bond acceptors (Lipinski definition) is 9. The third-order valence-corrected chi connectivity index (χ3v) is 5.23. The predicted octanol–water partition coefficient (Wildman–Crippen LogP) is 3.92. The lowest BCUT2D eigenvalue weighted by Crippen LogP contribution is -2.30. The molecule has 0 aliphatic heterocycles. The SMILES string of the molecule is COc1ccc(-c2nc(C(=O)OC(C)C(=O)Nc3ccc([N+](=O)[O-])cc3)cs2)cc1OC. The Morgan fingerprint density at radius 3 is 2.41 bits per heavy atom. The van der Waals surface area contributed by atoms with E-state index in [0.29, 0.717) is 22.2 Å². The number of aromatic nitrogens is 1. The maximum absolute atomic E-state index is 12.4. The van der Waals surface area contributed by atoms with Crippen LogP contribution in [-0.4, -0.2) is 42.1 Å². The second kappa shape index (κ2) is 9.88. The van der Waals surface area contributed by atoms with Gasteiger partial charge < -0.3 is 19.5 Å². The van der Waals surface area contributed by atoms with Crippen LogP contribution in [-0.2, 0) is 9.53 Å². The zero-order valence-corrected chi connectivity index (χ0v) is 18.2. The van der Waals surface area contributed by atoms with Crippen molar-refractivity contribution in [3.63, 3.8) is 0 Å². The summed E-state index contributed by atoms with van der Waals surface area (Å²) in [6, 6.07) is 10.6. The van der Waals surface area contributed by atoms with Gasteiger partial charge in [-0.3, -0.25) is 14.9 Å². The highest BCUT2D eigenvalue weighted by atomic mass is 32.1. The van der Waals surface area contributed by atoms with Crippen molar-refractivity contribution < 1.29 is 28.7 Å². The number of methoxy groups -OCH3 is 2. The number of carbonyl (C=O) groups is 2. The summed E-state index contributed by atoms with van der Waals surface area (Å²) in [6.45, 7) is 1.42. The Hall–Kier alpha value is -3.99. The number of carbonyl (C=O) groups excluding carboxylic acids is 2. The number of nitro benzene ring substituents is 1. The summed E-state index contributed by atoms with van der Waals surface area (Å²) in [4.78, 5) is 39.2. The molecule has 0 radical (unpaired) electrons. The molecular formula is C21H19N3O7S. The molecule has 0 aliphatic rings. The number of non-ortho nitro benzene ring substituents is 1. The van der Waals surface area contributed by atoms with E-state index in [-0.39, 0.29) is 11.4 Å². The highest BCUT2D eigenvalue weighted by molar-refractivity contribution is 7.13. The normalized spacial score (nSPS) is 11.3. The average molecular weight is 457 g/mol. The first kappa shape index (κ1) is 22.7. The zero-order chi connectivity index (χ0) is 23.3. The molecule has 32 heavy (non-hydrogen) atoms. The molecule has 1 aromatic heterocycles. The van der Waals surface area contributed by atoms with Crippen molar-refractivity contribution in [1.29, 1.82) is 0 Å². The maximum atomic E-state index is 12.4. The number of esters is 1. The topological polar surface area (TPSA) is 130 Å². The van der Waals surface area contributed by atoms with E-state index in [1.807, 2.05) is 0 Å². The molecule has 0 aliphatic carbocycles. The minimum atomic E-state index is -1.11. The molecule has 3 aromatic rings. The van der Waals surface area contributed by atoms with Gasteiger partial charge in [0.05, 0.1) is 19.1 Å². The molecule has 1 heterocycles. The van der Waals surface area contributed by atoms with Crippen LogP contribution in [0.5, 0.6) is 11.5 Å². The number of benzene rings is 2. The third-order valence-electron chi connectivity index (χ3n) is 4.34. The minimum absolute atomic E-state index is 0.0646. The van der Waals surface area contributed by atoms with Crippen LogP contribution in [0.3, 0.4) is 0 Å². The van der Waals surface area contributed by atoms with Gasteiger partial charge in [0, 0.05) is 28.8 Å². The van der Waals surface area contributed by atoms with E-state index in [2.05, 4.69) is 10.3 Å². The molecule has 1 unspecified atom stereocenters. The number of nitrogens with one attached hydrogen (secondary N) is 1. The van der Waals surface area contributed by atoms with Gasteiger partial charge in [0.2, 0.25) is 0 Å². The van der Waals surface area contributed by atoms with Gasteiger partial charge >= 0.3 is 5.97 Å². The summed E-state index contributed by atoms with van der Waals surface area (Å²) in [6.07, 6.45) is -1.11. The van der Waals surface area contributed by atoms with Gasteiger partial charge in [0.1, 0.15) is 5.01 Å². The van der Waals surface area contributed by atoms with Crippen molar-refractivity contribution >= 4 is 34.6 Å². The third kappa shape index (κ3) is 5.19. The Bertz CT molecular complexity index is 1140. The quantitative estimate of drug-likeness (QED) is 0.306. The Kier molecular flexibility index (Phi) is 7.00. The number of amides is 1. The monoisotopic (exact) mass is 457 g/mol. The Morgan fingerprint density at radius 1 is 1.09 bits per heavy atom. The summed E-state index contributed by atoms with van der Waals surface area (Å²) in [5, 5.41) is 15.3. The lowest BCUT2D eigenvalue weighted by Gasteiger charge is -2.12. The van der Waals surface area contributed by atoms with Gasteiger partial charge in [-0.05, 0) is 37.3 Å². The van der Waals surface area contributed by atoms with Gasteiger partial charge in [-0.15, -0.1) is 11.3 Å². The standard InChI is InChI=1S/C21H19N3O7S/c1-12(19(25)22-14-5-7-15(8-6-14)24(27)28)31-21(26)16-11-32-20(23-16)13-4-9-17(29-2)18(10-13)30-3/h4-12H,1-3H3,(H,22,25). The number of thiazole rings is 1. The van der Waals surface area contributed by atoms with Gasteiger partial charge in [-0.1, -0.05) is 0 Å². The molecule has 11 heteroatoms. The van der Waals surface area contributed by atoms with E-state index >= 15 is 0 Å². The summed E-state index contributed by atoms with van der Waals surface area (Å²) in [5.74, 6) is -0.233. The zero-order valence-electron chi connectivity index (χ0n) is 17.4. The van der Waals surface area contributed by atoms with E-state index in [0.717, 1.165) is 5.56 Å². The molecule has 0 spiro atoms. The number of nitro groups is 1. The molecule has 0 bridgehead atoms. The van der Waals surface area contributed by atoms with Crippen LogP contribution in [0, 0.1) is 10.1 Å². The van der Waals surface area contributed by atoms with Crippen LogP contribution >= 0.6 is 11.3 Å². The van der Waals surface area contributed by atoms with Crippen molar-refractivity contribution in [3.05, 3.63) is 63.7 Å². The highest BCUT2D eigenvalue weighted by Crippen LogP contribution is 2.33. The molecule has 0 fully saturated rings. The van der Waals surface area contributed by atoms with Gasteiger partial charge in [-0.2, -0.15) is 0 Å². The van der Waals surface area contributed by atoms with Crippen LogP contribution in [0.15, 0.2) is 47.8 Å². The number of rotatable bonds is 8. The van der Waals surface area contributed by atoms with Crippen LogP contribution in [0.25, 0.3) is 10.6 Å². The van der Waals surface area contributed by atoms with Crippen molar-refractivity contribution in [3.8, 4) is 22.1 Å². The van der Waals surface area contributed by atoms with Gasteiger partial charge in [0.15, 0.2) is 23.3 Å². The van der Waals surface area contributed by atoms with Crippen LogP contribution in [0.4, 0.5) is 11.4 Å². The average Bonchev–Trinajstić information content (AvgIpc) is 3.29. The van der Waals surface area contributed by atoms with Crippen LogP contribution < -0.4 is 14.8 Å². The van der Waals surface area contributed by atoms with Gasteiger partial charge in [-0.25, -0.2) is 9.78 Å².